The first-order valence-corrected chi connectivity index (χ1v) is 9.16. The summed E-state index contributed by atoms with van der Waals surface area (Å²) in [6, 6.07) is 2.57. The number of aromatic nitrogens is 1. The van der Waals surface area contributed by atoms with Gasteiger partial charge in [-0.15, -0.1) is 0 Å². The van der Waals surface area contributed by atoms with Crippen LogP contribution in [0.5, 0.6) is 0 Å². The second-order valence-corrected chi connectivity index (χ2v) is 7.33. The molecule has 3 N–H and O–H groups in total. The molecule has 1 aromatic heterocycles. The Balaban J connectivity index is 1.85. The van der Waals surface area contributed by atoms with Gasteiger partial charge in [0.25, 0.3) is 0 Å². The van der Waals surface area contributed by atoms with E-state index in [-0.39, 0.29) is 18.0 Å². The van der Waals surface area contributed by atoms with Crippen molar-refractivity contribution in [2.45, 2.75) is 32.7 Å². The van der Waals surface area contributed by atoms with Gasteiger partial charge in [-0.3, -0.25) is 9.59 Å². The van der Waals surface area contributed by atoms with Gasteiger partial charge in [-0.1, -0.05) is 6.92 Å². The zero-order valence-electron chi connectivity index (χ0n) is 16.0. The maximum absolute atomic E-state index is 13.7. The molecule has 0 radical (unpaired) electrons. The number of anilines is 2. The van der Waals surface area contributed by atoms with Crippen molar-refractivity contribution in [2.75, 3.05) is 17.6 Å². The van der Waals surface area contributed by atoms with E-state index in [1.807, 2.05) is 6.92 Å². The van der Waals surface area contributed by atoms with Gasteiger partial charge >= 0.3 is 11.8 Å². The van der Waals surface area contributed by atoms with Crippen molar-refractivity contribution in [3.63, 3.8) is 0 Å². The maximum Gasteiger partial charge on any atom is 0.313 e. The number of halogens is 3. The van der Waals surface area contributed by atoms with Gasteiger partial charge in [-0.2, -0.15) is 0 Å². The number of amides is 2. The summed E-state index contributed by atoms with van der Waals surface area (Å²) in [5, 5.41) is 2.47. The van der Waals surface area contributed by atoms with Gasteiger partial charge in [0.1, 0.15) is 5.82 Å². The molecule has 6 nitrogen and oxygen atoms in total. The molecule has 0 aliphatic carbocycles. The number of pyridine rings is 1. The third kappa shape index (κ3) is 4.33. The van der Waals surface area contributed by atoms with Crippen molar-refractivity contribution >= 4 is 23.3 Å². The third-order valence-corrected chi connectivity index (χ3v) is 5.04. The van der Waals surface area contributed by atoms with E-state index in [1.54, 1.807) is 13.0 Å². The highest BCUT2D eigenvalue weighted by Crippen LogP contribution is 2.34. The number of nitrogen functional groups attached to an aromatic ring is 1. The van der Waals surface area contributed by atoms with E-state index in [4.69, 9.17) is 5.73 Å². The standard InChI is InChI=1S/C20H21F3N4O2/c1-10-3-4-16(12-6-14(21)17(23)15(22)7-12)27(9-10)20(29)19(28)26-13-5-11(2)18(24)25-8-13/h5-8,10,16H,3-4,9H2,1-2H3,(H2,24,25)(H,26,28). The Labute approximate surface area is 165 Å². The predicted molar refractivity (Wildman–Crippen MR) is 101 cm³/mol. The number of piperidine rings is 1. The minimum Gasteiger partial charge on any atom is -0.383 e. The van der Waals surface area contributed by atoms with Crippen molar-refractivity contribution in [1.82, 2.24) is 9.88 Å². The molecule has 0 bridgehead atoms. The van der Waals surface area contributed by atoms with Crippen molar-refractivity contribution in [3.05, 3.63) is 53.0 Å². The average Bonchev–Trinajstić information content (AvgIpc) is 2.67. The number of hydrogen-bond donors (Lipinski definition) is 2. The topological polar surface area (TPSA) is 88.3 Å². The van der Waals surface area contributed by atoms with Crippen LogP contribution in [-0.2, 0) is 9.59 Å². The fourth-order valence-corrected chi connectivity index (χ4v) is 3.46. The normalized spacial score (nSPS) is 19.1. The van der Waals surface area contributed by atoms with Gasteiger partial charge in [-0.25, -0.2) is 18.2 Å². The first-order chi connectivity index (χ1) is 13.7. The van der Waals surface area contributed by atoms with Crippen LogP contribution in [0.2, 0.25) is 0 Å². The summed E-state index contributed by atoms with van der Waals surface area (Å²) in [6.07, 6.45) is 2.42. The number of carbonyl (C=O) groups excluding carboxylic acids is 2. The number of benzene rings is 1. The Bertz CT molecular complexity index is 944. The van der Waals surface area contributed by atoms with E-state index in [0.29, 0.717) is 29.9 Å². The fourth-order valence-electron chi connectivity index (χ4n) is 3.46. The van der Waals surface area contributed by atoms with Gasteiger partial charge < -0.3 is 16.0 Å². The quantitative estimate of drug-likeness (QED) is 0.592. The molecule has 2 amide bonds. The van der Waals surface area contributed by atoms with Crippen LogP contribution in [0.4, 0.5) is 24.7 Å². The minimum atomic E-state index is -1.57. The number of nitrogens with one attached hydrogen (secondary N) is 1. The van der Waals surface area contributed by atoms with E-state index in [0.717, 1.165) is 12.1 Å². The summed E-state index contributed by atoms with van der Waals surface area (Å²) in [4.78, 5) is 30.5. The molecule has 1 aliphatic rings. The maximum atomic E-state index is 13.7. The lowest BCUT2D eigenvalue weighted by atomic mass is 9.89. The smallest absolute Gasteiger partial charge is 0.313 e. The van der Waals surface area contributed by atoms with Gasteiger partial charge in [0.2, 0.25) is 0 Å². The number of hydrogen-bond acceptors (Lipinski definition) is 4. The molecule has 1 aromatic carbocycles. The van der Waals surface area contributed by atoms with E-state index in [1.165, 1.54) is 11.1 Å². The SMILES string of the molecule is Cc1cc(NC(=O)C(=O)N2CC(C)CCC2c2cc(F)c(F)c(F)c2)cnc1N. The van der Waals surface area contributed by atoms with Crippen LogP contribution in [0.15, 0.2) is 24.4 Å². The highest BCUT2D eigenvalue weighted by atomic mass is 19.2. The molecular weight excluding hydrogens is 385 g/mol. The molecule has 1 fully saturated rings. The Morgan fingerprint density at radius 2 is 1.83 bits per heavy atom. The molecular formula is C20H21F3N4O2. The second-order valence-electron chi connectivity index (χ2n) is 7.33. The number of nitrogens with two attached hydrogens (primary N) is 1. The largest absolute Gasteiger partial charge is 0.383 e. The molecule has 2 heterocycles. The summed E-state index contributed by atoms with van der Waals surface area (Å²) in [5.41, 5.74) is 6.69. The van der Waals surface area contributed by atoms with Crippen LogP contribution < -0.4 is 11.1 Å². The van der Waals surface area contributed by atoms with Crippen LogP contribution in [0.25, 0.3) is 0 Å². The van der Waals surface area contributed by atoms with Gasteiger partial charge in [0.15, 0.2) is 17.5 Å². The Morgan fingerprint density at radius 1 is 1.17 bits per heavy atom. The van der Waals surface area contributed by atoms with E-state index in [9.17, 15) is 22.8 Å². The highest BCUT2D eigenvalue weighted by Gasteiger charge is 2.35. The summed E-state index contributed by atoms with van der Waals surface area (Å²) < 4.78 is 40.7. The molecule has 2 atom stereocenters. The van der Waals surface area contributed by atoms with E-state index < -0.39 is 35.3 Å². The lowest BCUT2D eigenvalue weighted by molar-refractivity contribution is -0.146. The molecule has 0 saturated carbocycles. The summed E-state index contributed by atoms with van der Waals surface area (Å²) in [7, 11) is 0. The summed E-state index contributed by atoms with van der Waals surface area (Å²) in [6.45, 7) is 3.85. The molecule has 9 heteroatoms. The van der Waals surface area contributed by atoms with Crippen molar-refractivity contribution in [2.24, 2.45) is 5.92 Å². The van der Waals surface area contributed by atoms with Crippen LogP contribution in [-0.4, -0.2) is 28.2 Å². The second kappa shape index (κ2) is 8.10. The lowest BCUT2D eigenvalue weighted by Crippen LogP contribution is -2.46. The van der Waals surface area contributed by atoms with Crippen molar-refractivity contribution < 1.29 is 22.8 Å². The first kappa shape index (κ1) is 20.6. The lowest BCUT2D eigenvalue weighted by Gasteiger charge is -2.38. The van der Waals surface area contributed by atoms with Gasteiger partial charge in [-0.05, 0) is 55.0 Å². The Kier molecular flexibility index (Phi) is 5.76. The van der Waals surface area contributed by atoms with Crippen LogP contribution in [0.3, 0.4) is 0 Å². The van der Waals surface area contributed by atoms with Crippen LogP contribution in [0.1, 0.15) is 36.9 Å². The van der Waals surface area contributed by atoms with E-state index >= 15 is 0 Å². The zero-order valence-corrected chi connectivity index (χ0v) is 16.0. The Morgan fingerprint density at radius 3 is 2.45 bits per heavy atom. The number of aryl methyl sites for hydroxylation is 1. The van der Waals surface area contributed by atoms with Crippen LogP contribution in [0, 0.1) is 30.3 Å². The molecule has 154 valence electrons. The van der Waals surface area contributed by atoms with E-state index in [2.05, 4.69) is 10.3 Å². The predicted octanol–water partition coefficient (Wildman–Crippen LogP) is 3.33. The molecule has 1 saturated heterocycles. The minimum absolute atomic E-state index is 0.0959. The summed E-state index contributed by atoms with van der Waals surface area (Å²) >= 11 is 0. The molecule has 1 aliphatic heterocycles. The average molecular weight is 406 g/mol. The monoisotopic (exact) mass is 406 g/mol. The number of carbonyl (C=O) groups is 2. The molecule has 0 spiro atoms. The highest BCUT2D eigenvalue weighted by molar-refractivity contribution is 6.39. The number of rotatable bonds is 2. The first-order valence-electron chi connectivity index (χ1n) is 9.16. The zero-order chi connectivity index (χ0) is 21.3. The van der Waals surface area contributed by atoms with Gasteiger partial charge in [0.05, 0.1) is 17.9 Å². The van der Waals surface area contributed by atoms with Crippen molar-refractivity contribution in [3.8, 4) is 0 Å². The Hall–Kier alpha value is -3.10. The molecule has 29 heavy (non-hydrogen) atoms. The van der Waals surface area contributed by atoms with Gasteiger partial charge in [0, 0.05) is 6.54 Å². The van der Waals surface area contributed by atoms with Crippen LogP contribution >= 0.6 is 0 Å². The number of nitrogens with zero attached hydrogens (tertiary/aromatic N) is 2. The fraction of sp³-hybridized carbons (Fsp3) is 0.350. The molecule has 2 unspecified atom stereocenters. The molecule has 3 rings (SSSR count). The summed E-state index contributed by atoms with van der Waals surface area (Å²) in [5.74, 6) is -5.59. The van der Waals surface area contributed by atoms with Crippen molar-refractivity contribution in [1.29, 1.82) is 0 Å². The molecule has 2 aromatic rings. The number of likely N-dealkylation sites (tertiary alicyclic amines) is 1. The third-order valence-electron chi connectivity index (χ3n) is 5.04.